The summed E-state index contributed by atoms with van der Waals surface area (Å²) in [5.74, 6) is 0.750. The molecule has 1 unspecified atom stereocenters. The number of hydrogen-bond donors (Lipinski definition) is 3. The first-order valence-corrected chi connectivity index (χ1v) is 26.3. The van der Waals surface area contributed by atoms with Gasteiger partial charge >= 0.3 is 0 Å². The van der Waals surface area contributed by atoms with E-state index in [0.29, 0.717) is 52.8 Å². The number of methoxy groups -OCH3 is 1. The predicted molar refractivity (Wildman–Crippen MR) is 259 cm³/mol. The molecule has 0 spiro atoms. The van der Waals surface area contributed by atoms with Crippen LogP contribution in [0, 0.1) is 0 Å². The maximum absolute atomic E-state index is 13.2. The van der Waals surface area contributed by atoms with E-state index in [1.54, 1.807) is 31.5 Å². The van der Waals surface area contributed by atoms with Crippen LogP contribution in [-0.4, -0.2) is 121 Å². The van der Waals surface area contributed by atoms with Gasteiger partial charge in [0.15, 0.2) is 5.82 Å². The van der Waals surface area contributed by atoms with Gasteiger partial charge in [0.2, 0.25) is 17.8 Å². The van der Waals surface area contributed by atoms with Gasteiger partial charge in [-0.25, -0.2) is 4.98 Å². The fourth-order valence-corrected chi connectivity index (χ4v) is 11.2. The van der Waals surface area contributed by atoms with Crippen molar-refractivity contribution in [1.29, 1.82) is 0 Å². The molecule has 3 aromatic carbocycles. The van der Waals surface area contributed by atoms with Crippen LogP contribution in [0.1, 0.15) is 85.7 Å². The molecular formula is C49H63ClN9O5P. The first-order chi connectivity index (χ1) is 31.4. The molecule has 16 heteroatoms. The van der Waals surface area contributed by atoms with E-state index in [1.165, 1.54) is 44.2 Å². The number of halogens is 1. The summed E-state index contributed by atoms with van der Waals surface area (Å²) in [7, 11) is -0.869. The van der Waals surface area contributed by atoms with Gasteiger partial charge in [0.1, 0.15) is 24.0 Å². The third-order valence-corrected chi connectivity index (χ3v) is 15.3. The molecule has 3 N–H and O–H groups in total. The minimum absolute atomic E-state index is 0.0992. The molecule has 3 fully saturated rings. The Labute approximate surface area is 388 Å². The number of imide groups is 1. The van der Waals surface area contributed by atoms with Gasteiger partial charge in [-0.1, -0.05) is 61.5 Å². The Hall–Kier alpha value is -5.01. The maximum atomic E-state index is 13.2. The SMILES string of the molecule is COc1cc(N2CCC(N3CCN(CCCCCCCCc4cccc5c4CN(C4CCC(=O)NC4=O)C5=O)CC3)CC2)ccc1Nc1ncc(Cl)c(Nc2ccccc2P(C)(C)=O)n1. The number of amides is 3. The number of benzene rings is 3. The molecule has 4 aromatic rings. The second-order valence-electron chi connectivity index (χ2n) is 18.2. The number of ether oxygens (including phenoxy) is 1. The van der Waals surface area contributed by atoms with Crippen molar-refractivity contribution in [2.45, 2.75) is 89.3 Å². The predicted octanol–water partition coefficient (Wildman–Crippen LogP) is 7.80. The molecule has 5 heterocycles. The van der Waals surface area contributed by atoms with E-state index in [-0.39, 0.29) is 24.1 Å². The largest absolute Gasteiger partial charge is 0.494 e. The number of carbonyl (C=O) groups excluding carboxylic acids is 3. The maximum Gasteiger partial charge on any atom is 0.255 e. The van der Waals surface area contributed by atoms with Crippen LogP contribution in [0.5, 0.6) is 5.75 Å². The number of carbonyl (C=O) groups is 3. The normalized spacial score (nSPS) is 18.8. The number of aromatic nitrogens is 2. The summed E-state index contributed by atoms with van der Waals surface area (Å²) < 4.78 is 18.8. The van der Waals surface area contributed by atoms with Gasteiger partial charge < -0.3 is 34.6 Å². The van der Waals surface area contributed by atoms with Crippen molar-refractivity contribution in [2.24, 2.45) is 0 Å². The summed E-state index contributed by atoms with van der Waals surface area (Å²) in [6, 6.07) is 19.7. The lowest BCUT2D eigenvalue weighted by atomic mass is 9.98. The molecular weight excluding hydrogens is 861 g/mol. The van der Waals surface area contributed by atoms with Crippen LogP contribution in [0.3, 0.4) is 0 Å². The molecule has 0 radical (unpaired) electrons. The Morgan fingerprint density at radius 2 is 1.60 bits per heavy atom. The number of piperazine rings is 1. The Morgan fingerprint density at radius 1 is 0.846 bits per heavy atom. The molecule has 346 valence electrons. The molecule has 65 heavy (non-hydrogen) atoms. The van der Waals surface area contributed by atoms with E-state index < -0.39 is 13.2 Å². The van der Waals surface area contributed by atoms with Crippen LogP contribution >= 0.6 is 18.7 Å². The Kier molecular flexibility index (Phi) is 15.1. The first-order valence-electron chi connectivity index (χ1n) is 23.3. The van der Waals surface area contributed by atoms with Crippen molar-refractivity contribution in [2.75, 3.05) is 81.8 Å². The topological polar surface area (TPSA) is 152 Å². The summed E-state index contributed by atoms with van der Waals surface area (Å²) in [4.78, 5) is 55.8. The molecule has 4 aliphatic rings. The summed E-state index contributed by atoms with van der Waals surface area (Å²) in [5, 5.41) is 10.0. The monoisotopic (exact) mass is 923 g/mol. The Morgan fingerprint density at radius 3 is 2.35 bits per heavy atom. The molecule has 0 aliphatic carbocycles. The van der Waals surface area contributed by atoms with E-state index in [4.69, 9.17) is 16.3 Å². The molecule has 1 atom stereocenters. The molecule has 1 aromatic heterocycles. The van der Waals surface area contributed by atoms with Gasteiger partial charge in [0.25, 0.3) is 5.91 Å². The van der Waals surface area contributed by atoms with E-state index in [2.05, 4.69) is 58.8 Å². The van der Waals surface area contributed by atoms with Crippen molar-refractivity contribution in [3.05, 3.63) is 88.6 Å². The van der Waals surface area contributed by atoms with Gasteiger partial charge in [0.05, 0.1) is 24.7 Å². The first kappa shape index (κ1) is 46.5. The van der Waals surface area contributed by atoms with Gasteiger partial charge in [0, 0.05) is 80.9 Å². The third kappa shape index (κ3) is 11.3. The van der Waals surface area contributed by atoms with Crippen LogP contribution in [0.25, 0.3) is 0 Å². The van der Waals surface area contributed by atoms with Gasteiger partial charge in [-0.3, -0.25) is 24.6 Å². The molecule has 0 saturated carbocycles. The highest BCUT2D eigenvalue weighted by Crippen LogP contribution is 2.39. The number of para-hydroxylation sites is 1. The number of anilines is 5. The average molecular weight is 925 g/mol. The van der Waals surface area contributed by atoms with Crippen molar-refractivity contribution < 1.29 is 23.7 Å². The van der Waals surface area contributed by atoms with Crippen LogP contribution < -0.4 is 30.9 Å². The van der Waals surface area contributed by atoms with Crippen LogP contribution in [0.4, 0.5) is 28.8 Å². The summed E-state index contributed by atoms with van der Waals surface area (Å²) >= 11 is 6.50. The number of nitrogens with zero attached hydrogens (tertiary/aromatic N) is 6. The van der Waals surface area contributed by atoms with Gasteiger partial charge in [-0.15, -0.1) is 0 Å². The smallest absolute Gasteiger partial charge is 0.255 e. The molecule has 3 amide bonds. The van der Waals surface area contributed by atoms with Crippen LogP contribution in [-0.2, 0) is 27.1 Å². The quantitative estimate of drug-likeness (QED) is 0.0507. The lowest BCUT2D eigenvalue weighted by molar-refractivity contribution is -0.136. The molecule has 8 rings (SSSR count). The highest BCUT2D eigenvalue weighted by molar-refractivity contribution is 7.70. The fraction of sp³-hybridized carbons (Fsp3) is 0.490. The Bertz CT molecular complexity index is 2400. The highest BCUT2D eigenvalue weighted by Gasteiger charge is 2.39. The fourth-order valence-electron chi connectivity index (χ4n) is 9.88. The van der Waals surface area contributed by atoms with Crippen molar-refractivity contribution in [3.8, 4) is 5.75 Å². The Balaban J connectivity index is 0.717. The number of rotatable bonds is 18. The summed E-state index contributed by atoms with van der Waals surface area (Å²) in [6.45, 7) is 11.6. The zero-order valence-electron chi connectivity index (χ0n) is 38.0. The van der Waals surface area contributed by atoms with Gasteiger partial charge in [-0.2, -0.15) is 4.98 Å². The number of fused-ring (bicyclic) bond motifs is 1. The van der Waals surface area contributed by atoms with E-state index in [0.717, 1.165) is 87.2 Å². The summed E-state index contributed by atoms with van der Waals surface area (Å²) in [5.41, 5.74) is 5.53. The number of unbranched alkanes of at least 4 members (excludes halogenated alkanes) is 5. The van der Waals surface area contributed by atoms with Crippen LogP contribution in [0.15, 0.2) is 66.9 Å². The zero-order valence-corrected chi connectivity index (χ0v) is 39.6. The summed E-state index contributed by atoms with van der Waals surface area (Å²) in [6.07, 6.45) is 12.6. The number of hydrogen-bond acceptors (Lipinski definition) is 12. The molecule has 0 bridgehead atoms. The van der Waals surface area contributed by atoms with Crippen LogP contribution in [0.2, 0.25) is 5.02 Å². The van der Waals surface area contributed by atoms with Crippen molar-refractivity contribution in [3.63, 3.8) is 0 Å². The lowest BCUT2D eigenvalue weighted by Crippen LogP contribution is -2.53. The number of nitrogens with one attached hydrogen (secondary N) is 3. The zero-order chi connectivity index (χ0) is 45.5. The minimum Gasteiger partial charge on any atom is -0.494 e. The van der Waals surface area contributed by atoms with Gasteiger partial charge in [-0.05, 0) is 99.9 Å². The van der Waals surface area contributed by atoms with E-state index in [9.17, 15) is 18.9 Å². The third-order valence-electron chi connectivity index (χ3n) is 13.5. The van der Waals surface area contributed by atoms with Crippen molar-refractivity contribution >= 4 is 70.6 Å². The number of piperidine rings is 2. The van der Waals surface area contributed by atoms with E-state index >= 15 is 0 Å². The molecule has 14 nitrogen and oxygen atoms in total. The van der Waals surface area contributed by atoms with E-state index in [1.807, 2.05) is 42.5 Å². The lowest BCUT2D eigenvalue weighted by Gasteiger charge is -2.43. The number of aryl methyl sites for hydroxylation is 1. The second-order valence-corrected chi connectivity index (χ2v) is 21.8. The standard InChI is InChI=1S/C49H63ClN9O5P/c1-64-43-31-36(18-19-40(43)53-49-51-32-39(50)46(55-49)52-41-16-9-10-17-44(41)65(2,3)63)57-25-22-35(23-26-57)58-29-27-56(28-30-58)24-11-7-5-4-6-8-13-34-14-12-15-37-38(34)33-59(48(37)62)42-20-21-45(60)54-47(42)61/h9-10,12,14-19,31-32,35,42H,4-8,11,13,20-30,33H2,1-3H3,(H,54,60,61)(H2,51,52,53,55). The molecule has 4 aliphatic heterocycles. The average Bonchev–Trinajstić information content (AvgIpc) is 3.64. The molecule has 3 saturated heterocycles. The van der Waals surface area contributed by atoms with Crippen molar-refractivity contribution in [1.82, 2.24) is 30.0 Å². The highest BCUT2D eigenvalue weighted by atomic mass is 35.5. The second kappa shape index (κ2) is 21.1. The minimum atomic E-state index is -2.54.